The Bertz CT molecular complexity index is 1800. The zero-order chi connectivity index (χ0) is 32.1. The predicted molar refractivity (Wildman–Crippen MR) is 154 cm³/mol. The number of fused-ring (bicyclic) bond motifs is 1. The van der Waals surface area contributed by atoms with Crippen molar-refractivity contribution >= 4 is 22.9 Å². The van der Waals surface area contributed by atoms with Crippen molar-refractivity contribution in [3.8, 4) is 22.7 Å². The van der Waals surface area contributed by atoms with Gasteiger partial charge >= 0.3 is 11.8 Å². The van der Waals surface area contributed by atoms with Crippen LogP contribution >= 0.6 is 0 Å². The summed E-state index contributed by atoms with van der Waals surface area (Å²) in [4.78, 5) is 41.9. The summed E-state index contributed by atoms with van der Waals surface area (Å²) in [5, 5.41) is 10.4. The molecular weight excluding hydrogens is 584 g/mol. The fourth-order valence-electron chi connectivity index (χ4n) is 5.24. The highest BCUT2D eigenvalue weighted by Crippen LogP contribution is 2.37. The average molecular weight is 615 g/mol. The molecule has 0 bridgehead atoms. The molecule has 1 fully saturated rings. The molecule has 232 valence electrons. The molecule has 0 unspecified atom stereocenters. The Morgan fingerprint density at radius 2 is 1.84 bits per heavy atom. The fraction of sp³-hybridized carbons (Fsp3) is 0.367. The minimum Gasteiger partial charge on any atom is -0.507 e. The minimum atomic E-state index is -3.09. The van der Waals surface area contributed by atoms with Crippen LogP contribution in [0.2, 0.25) is 0 Å². The topological polar surface area (TPSA) is 114 Å². The van der Waals surface area contributed by atoms with Crippen molar-refractivity contribution in [2.75, 3.05) is 24.5 Å². The Hall–Kier alpha value is -4.75. The van der Waals surface area contributed by atoms with Crippen molar-refractivity contribution in [1.29, 1.82) is 0 Å². The molecule has 1 N–H and O–H groups in total. The van der Waals surface area contributed by atoms with Crippen LogP contribution in [0.25, 0.3) is 28.0 Å². The van der Waals surface area contributed by atoms with Crippen molar-refractivity contribution in [2.24, 2.45) is 0 Å². The summed E-state index contributed by atoms with van der Waals surface area (Å²) in [5.41, 5.74) is -4.05. The number of ether oxygens (including phenoxy) is 1. The molecule has 1 atom stereocenters. The maximum absolute atomic E-state index is 15.8. The molecule has 1 aliphatic rings. The van der Waals surface area contributed by atoms with Crippen LogP contribution in [0.4, 0.5) is 28.2 Å². The molecule has 1 aromatic carbocycles. The van der Waals surface area contributed by atoms with Gasteiger partial charge in [0.2, 0.25) is 0 Å². The van der Waals surface area contributed by atoms with E-state index in [1.807, 2.05) is 0 Å². The number of carbonyl (C=O) groups is 1. The molecule has 4 aromatic rings. The van der Waals surface area contributed by atoms with Crippen molar-refractivity contribution < 1.29 is 32.2 Å². The van der Waals surface area contributed by atoms with E-state index in [1.54, 1.807) is 32.6 Å². The fourth-order valence-corrected chi connectivity index (χ4v) is 5.24. The summed E-state index contributed by atoms with van der Waals surface area (Å²) in [6, 6.07) is 5.30. The summed E-state index contributed by atoms with van der Waals surface area (Å²) in [7, 11) is 0. The highest BCUT2D eigenvalue weighted by Gasteiger charge is 2.33. The van der Waals surface area contributed by atoms with Gasteiger partial charge in [0.1, 0.15) is 34.4 Å². The van der Waals surface area contributed by atoms with Gasteiger partial charge in [0.25, 0.3) is 6.43 Å². The van der Waals surface area contributed by atoms with E-state index in [4.69, 9.17) is 4.74 Å². The van der Waals surface area contributed by atoms with Gasteiger partial charge in [0.15, 0.2) is 11.5 Å². The number of amides is 1. The lowest BCUT2D eigenvalue weighted by atomic mass is 10.1. The Morgan fingerprint density at radius 3 is 2.48 bits per heavy atom. The van der Waals surface area contributed by atoms with E-state index >= 15 is 4.39 Å². The quantitative estimate of drug-likeness (QED) is 0.299. The van der Waals surface area contributed by atoms with E-state index in [-0.39, 0.29) is 47.7 Å². The Kier molecular flexibility index (Phi) is 7.95. The summed E-state index contributed by atoms with van der Waals surface area (Å²) in [6.45, 7) is 9.01. The van der Waals surface area contributed by atoms with Crippen molar-refractivity contribution in [1.82, 2.24) is 24.4 Å². The van der Waals surface area contributed by atoms with Gasteiger partial charge in [-0.05, 0) is 64.4 Å². The maximum atomic E-state index is 15.8. The number of aromatic hydroxyl groups is 1. The first-order valence-electron chi connectivity index (χ1n) is 13.8. The second kappa shape index (κ2) is 11.4. The van der Waals surface area contributed by atoms with Gasteiger partial charge in [-0.25, -0.2) is 36.7 Å². The lowest BCUT2D eigenvalue weighted by Crippen LogP contribution is -2.55. The van der Waals surface area contributed by atoms with Crippen molar-refractivity contribution in [3.05, 3.63) is 69.9 Å². The molecule has 0 saturated carbocycles. The highest BCUT2D eigenvalue weighted by molar-refractivity contribution is 5.91. The average Bonchev–Trinajstić information content (AvgIpc) is 2.92. The number of nitrogens with zero attached hydrogens (tertiary/aromatic N) is 6. The monoisotopic (exact) mass is 614 g/mol. The number of aryl methyl sites for hydroxylation is 1. The van der Waals surface area contributed by atoms with E-state index < -0.39 is 64.2 Å². The van der Waals surface area contributed by atoms with Gasteiger partial charge in [-0.2, -0.15) is 4.98 Å². The number of hydrogen-bond donors (Lipinski definition) is 1. The zero-order valence-corrected chi connectivity index (χ0v) is 24.6. The van der Waals surface area contributed by atoms with Crippen LogP contribution in [-0.4, -0.2) is 66.9 Å². The van der Waals surface area contributed by atoms with Crippen LogP contribution in [0.1, 0.15) is 45.4 Å². The van der Waals surface area contributed by atoms with Crippen molar-refractivity contribution in [2.45, 2.75) is 52.7 Å². The third-order valence-electron chi connectivity index (χ3n) is 7.17. The molecule has 0 spiro atoms. The summed E-state index contributed by atoms with van der Waals surface area (Å²) in [5.74, 6) is -2.66. The molecule has 0 aliphatic carbocycles. The number of phenolic OH excluding ortho intramolecular Hbond substituents is 1. The van der Waals surface area contributed by atoms with Crippen LogP contribution < -0.4 is 10.6 Å². The standard InChI is InChI=1S/C30H30F4N6O4/c1-15-9-10-35-23(25(33)34)24(15)40-27-17(13-19(32)22(36-27)21-18(31)7-6-8-20(21)41)26(37-28(40)42)39-12-11-38(14-16(39)2)29(43)44-30(3,4)5/h6-10,13,16,25,41H,11-12,14H2,1-5H3/t16-/m0/s1. The predicted octanol–water partition coefficient (Wildman–Crippen LogP) is 5.52. The molecule has 0 radical (unpaired) electrons. The number of hydrogen-bond acceptors (Lipinski definition) is 8. The maximum Gasteiger partial charge on any atom is 0.410 e. The molecule has 10 nitrogen and oxygen atoms in total. The lowest BCUT2D eigenvalue weighted by Gasteiger charge is -2.41. The number of benzene rings is 1. The van der Waals surface area contributed by atoms with Gasteiger partial charge < -0.3 is 19.6 Å². The van der Waals surface area contributed by atoms with Crippen LogP contribution in [0.5, 0.6) is 5.75 Å². The molecule has 1 amide bonds. The minimum absolute atomic E-state index is 0.00608. The number of aromatic nitrogens is 4. The molecule has 44 heavy (non-hydrogen) atoms. The van der Waals surface area contributed by atoms with E-state index in [1.165, 1.54) is 24.0 Å². The van der Waals surface area contributed by atoms with Crippen LogP contribution in [0.3, 0.4) is 0 Å². The van der Waals surface area contributed by atoms with E-state index in [9.17, 15) is 27.9 Å². The molecule has 1 aliphatic heterocycles. The number of phenols is 1. The molecule has 14 heteroatoms. The first-order chi connectivity index (χ1) is 20.7. The zero-order valence-electron chi connectivity index (χ0n) is 24.6. The first kappa shape index (κ1) is 30.7. The van der Waals surface area contributed by atoms with Crippen LogP contribution in [-0.2, 0) is 4.74 Å². The number of halogens is 4. The van der Waals surface area contributed by atoms with E-state index in [2.05, 4.69) is 15.0 Å². The molecule has 3 aromatic heterocycles. The lowest BCUT2D eigenvalue weighted by molar-refractivity contribution is 0.0218. The number of carbonyl (C=O) groups excluding carboxylic acids is 1. The number of alkyl halides is 2. The SMILES string of the molecule is Cc1ccnc(C(F)F)c1-n1c(=O)nc(N2CCN(C(=O)OC(C)(C)C)C[C@@H]2C)c2cc(F)c(-c3c(O)cccc3F)nc21. The Labute approximate surface area is 249 Å². The van der Waals surface area contributed by atoms with Crippen molar-refractivity contribution in [3.63, 3.8) is 0 Å². The summed E-state index contributed by atoms with van der Waals surface area (Å²) < 4.78 is 65.2. The number of rotatable bonds is 4. The number of piperazine rings is 1. The van der Waals surface area contributed by atoms with Gasteiger partial charge in [0, 0.05) is 31.9 Å². The molecule has 1 saturated heterocycles. The van der Waals surface area contributed by atoms with Gasteiger partial charge in [-0.3, -0.25) is 4.98 Å². The summed E-state index contributed by atoms with van der Waals surface area (Å²) >= 11 is 0. The molecular formula is C30H30F4N6O4. The molecule has 5 rings (SSSR count). The smallest absolute Gasteiger partial charge is 0.410 e. The second-order valence-electron chi connectivity index (χ2n) is 11.5. The normalized spacial score (nSPS) is 15.7. The first-order valence-corrected chi connectivity index (χ1v) is 13.8. The molecule has 4 heterocycles. The largest absolute Gasteiger partial charge is 0.507 e. The highest BCUT2D eigenvalue weighted by atomic mass is 19.3. The van der Waals surface area contributed by atoms with E-state index in [0.29, 0.717) is 0 Å². The second-order valence-corrected chi connectivity index (χ2v) is 11.5. The van der Waals surface area contributed by atoms with Gasteiger partial charge in [0.05, 0.1) is 16.6 Å². The number of pyridine rings is 2. The number of anilines is 1. The van der Waals surface area contributed by atoms with Gasteiger partial charge in [-0.15, -0.1) is 0 Å². The van der Waals surface area contributed by atoms with Crippen LogP contribution in [0.15, 0.2) is 41.3 Å². The third-order valence-corrected chi connectivity index (χ3v) is 7.17. The summed E-state index contributed by atoms with van der Waals surface area (Å²) in [6.07, 6.45) is -2.45. The van der Waals surface area contributed by atoms with Gasteiger partial charge in [-0.1, -0.05) is 6.07 Å². The Morgan fingerprint density at radius 1 is 1.11 bits per heavy atom. The van der Waals surface area contributed by atoms with Crippen LogP contribution in [0, 0.1) is 18.6 Å². The van der Waals surface area contributed by atoms with E-state index in [0.717, 1.165) is 29.0 Å². The third kappa shape index (κ3) is 5.63. The Balaban J connectivity index is 1.74.